The van der Waals surface area contributed by atoms with Crippen molar-refractivity contribution in [1.82, 2.24) is 4.90 Å². The van der Waals surface area contributed by atoms with E-state index < -0.39 is 0 Å². The number of thiophene rings is 1. The zero-order chi connectivity index (χ0) is 10.4. The van der Waals surface area contributed by atoms with Gasteiger partial charge in [0.15, 0.2) is 0 Å². The molecule has 2 N–H and O–H groups in total. The Balaban J connectivity index is 2.13. The summed E-state index contributed by atoms with van der Waals surface area (Å²) in [7, 11) is 2.17. The molecule has 1 aromatic rings. The van der Waals surface area contributed by atoms with Crippen molar-refractivity contribution < 1.29 is 0 Å². The number of nitrogens with zero attached hydrogens (tertiary/aromatic N) is 1. The minimum absolute atomic E-state index is 0.338. The van der Waals surface area contributed by atoms with E-state index in [9.17, 15) is 0 Å². The zero-order valence-corrected chi connectivity index (χ0v) is 9.89. The molecule has 0 saturated carbocycles. The van der Waals surface area contributed by atoms with Gasteiger partial charge in [-0.05, 0) is 55.7 Å². The third-order valence-electron chi connectivity index (χ3n) is 2.23. The van der Waals surface area contributed by atoms with Crippen LogP contribution in [0.15, 0.2) is 16.8 Å². The Morgan fingerprint density at radius 2 is 2.36 bits per heavy atom. The van der Waals surface area contributed by atoms with Gasteiger partial charge in [-0.3, -0.25) is 0 Å². The molecule has 0 fully saturated rings. The first-order valence-electron chi connectivity index (χ1n) is 5.13. The summed E-state index contributed by atoms with van der Waals surface area (Å²) in [6.45, 7) is 4.26. The summed E-state index contributed by atoms with van der Waals surface area (Å²) in [5.41, 5.74) is 7.11. The summed E-state index contributed by atoms with van der Waals surface area (Å²) in [5.74, 6) is 0. The van der Waals surface area contributed by atoms with E-state index in [0.717, 1.165) is 19.5 Å². The summed E-state index contributed by atoms with van der Waals surface area (Å²) in [6, 6.07) is 2.52. The van der Waals surface area contributed by atoms with E-state index in [2.05, 4.69) is 35.7 Å². The molecule has 0 bridgehead atoms. The molecule has 1 atom stereocenters. The molecule has 0 aromatic carbocycles. The second-order valence-electron chi connectivity index (χ2n) is 3.99. The fraction of sp³-hybridized carbons (Fsp3) is 0.636. The van der Waals surface area contributed by atoms with Gasteiger partial charge in [-0.2, -0.15) is 11.3 Å². The minimum atomic E-state index is 0.338. The van der Waals surface area contributed by atoms with E-state index in [1.807, 2.05) is 0 Å². The Morgan fingerprint density at radius 3 is 2.93 bits per heavy atom. The number of hydrogen-bond donors (Lipinski definition) is 1. The first-order valence-corrected chi connectivity index (χ1v) is 6.08. The smallest absolute Gasteiger partial charge is 0.0238 e. The van der Waals surface area contributed by atoms with Crippen LogP contribution >= 0.6 is 11.3 Å². The normalized spacial score (nSPS) is 13.4. The molecular weight excluding hydrogens is 192 g/mol. The third kappa shape index (κ3) is 4.74. The Hall–Kier alpha value is -0.380. The zero-order valence-electron chi connectivity index (χ0n) is 9.07. The topological polar surface area (TPSA) is 29.3 Å². The molecule has 1 unspecified atom stereocenters. The first kappa shape index (κ1) is 11.7. The number of nitrogens with two attached hydrogens (primary N) is 1. The van der Waals surface area contributed by atoms with Crippen molar-refractivity contribution in [2.24, 2.45) is 5.73 Å². The van der Waals surface area contributed by atoms with Crippen molar-refractivity contribution in [3.05, 3.63) is 22.4 Å². The lowest BCUT2D eigenvalue weighted by Gasteiger charge is -2.16. The molecule has 0 aliphatic rings. The van der Waals surface area contributed by atoms with Gasteiger partial charge in [-0.15, -0.1) is 0 Å². The predicted molar refractivity (Wildman–Crippen MR) is 63.5 cm³/mol. The molecule has 1 heterocycles. The molecule has 2 nitrogen and oxygen atoms in total. The average Bonchev–Trinajstić information content (AvgIpc) is 2.56. The van der Waals surface area contributed by atoms with Crippen molar-refractivity contribution in [2.75, 3.05) is 13.6 Å². The Labute approximate surface area is 90.7 Å². The molecule has 1 rings (SSSR count). The van der Waals surface area contributed by atoms with Crippen LogP contribution < -0.4 is 5.73 Å². The van der Waals surface area contributed by atoms with Gasteiger partial charge in [0.25, 0.3) is 0 Å². The van der Waals surface area contributed by atoms with Gasteiger partial charge in [-0.1, -0.05) is 0 Å². The van der Waals surface area contributed by atoms with Gasteiger partial charge in [0.05, 0.1) is 0 Å². The van der Waals surface area contributed by atoms with E-state index in [1.54, 1.807) is 11.3 Å². The highest BCUT2D eigenvalue weighted by Crippen LogP contribution is 2.08. The standard InChI is InChI=1S/C11H20N2S/c1-10(12)4-3-6-13(2)8-11-5-7-14-9-11/h5,7,9-10H,3-4,6,8,12H2,1-2H3. The quantitative estimate of drug-likeness (QED) is 0.784. The molecule has 0 radical (unpaired) electrons. The van der Waals surface area contributed by atoms with Gasteiger partial charge in [-0.25, -0.2) is 0 Å². The summed E-state index contributed by atoms with van der Waals surface area (Å²) in [4.78, 5) is 2.35. The molecule has 1 aromatic heterocycles. The van der Waals surface area contributed by atoms with Gasteiger partial charge >= 0.3 is 0 Å². The highest BCUT2D eigenvalue weighted by molar-refractivity contribution is 7.07. The first-order chi connectivity index (χ1) is 6.68. The fourth-order valence-corrected chi connectivity index (χ4v) is 2.12. The molecule has 0 spiro atoms. The maximum Gasteiger partial charge on any atom is 0.0238 e. The molecule has 0 aliphatic heterocycles. The Morgan fingerprint density at radius 1 is 1.57 bits per heavy atom. The van der Waals surface area contributed by atoms with Crippen molar-refractivity contribution in [3.63, 3.8) is 0 Å². The minimum Gasteiger partial charge on any atom is -0.328 e. The maximum absolute atomic E-state index is 5.70. The van der Waals surface area contributed by atoms with Gasteiger partial charge in [0, 0.05) is 12.6 Å². The van der Waals surface area contributed by atoms with Crippen LogP contribution in [0, 0.1) is 0 Å². The highest BCUT2D eigenvalue weighted by atomic mass is 32.1. The second-order valence-corrected chi connectivity index (χ2v) is 4.77. The molecular formula is C11H20N2S. The molecule has 0 aliphatic carbocycles. The van der Waals surface area contributed by atoms with Crippen LogP contribution in [0.5, 0.6) is 0 Å². The predicted octanol–water partition coefficient (Wildman–Crippen LogP) is 2.31. The fourth-order valence-electron chi connectivity index (χ4n) is 1.46. The lowest BCUT2D eigenvalue weighted by Crippen LogP contribution is -2.22. The summed E-state index contributed by atoms with van der Waals surface area (Å²) in [5, 5.41) is 4.34. The molecule has 80 valence electrons. The van der Waals surface area contributed by atoms with Crippen molar-refractivity contribution in [1.29, 1.82) is 0 Å². The molecule has 0 saturated heterocycles. The summed E-state index contributed by atoms with van der Waals surface area (Å²) < 4.78 is 0. The monoisotopic (exact) mass is 212 g/mol. The molecule has 0 amide bonds. The number of hydrogen-bond acceptors (Lipinski definition) is 3. The lowest BCUT2D eigenvalue weighted by molar-refractivity contribution is 0.315. The van der Waals surface area contributed by atoms with Crippen molar-refractivity contribution in [3.8, 4) is 0 Å². The maximum atomic E-state index is 5.70. The van der Waals surface area contributed by atoms with E-state index in [1.165, 1.54) is 12.0 Å². The van der Waals surface area contributed by atoms with Crippen LogP contribution in [0.3, 0.4) is 0 Å². The van der Waals surface area contributed by atoms with Crippen LogP contribution in [0.25, 0.3) is 0 Å². The van der Waals surface area contributed by atoms with Gasteiger partial charge in [0.2, 0.25) is 0 Å². The average molecular weight is 212 g/mol. The van der Waals surface area contributed by atoms with Crippen molar-refractivity contribution in [2.45, 2.75) is 32.4 Å². The van der Waals surface area contributed by atoms with Crippen LogP contribution in [0.4, 0.5) is 0 Å². The third-order valence-corrected chi connectivity index (χ3v) is 2.96. The van der Waals surface area contributed by atoms with Gasteiger partial charge < -0.3 is 10.6 Å². The SMILES string of the molecule is CC(N)CCCN(C)Cc1ccsc1. The van der Waals surface area contributed by atoms with Gasteiger partial charge in [0.1, 0.15) is 0 Å². The van der Waals surface area contributed by atoms with Crippen LogP contribution in [-0.2, 0) is 6.54 Å². The summed E-state index contributed by atoms with van der Waals surface area (Å²) in [6.07, 6.45) is 2.31. The highest BCUT2D eigenvalue weighted by Gasteiger charge is 2.01. The Kier molecular flexibility index (Phi) is 5.15. The summed E-state index contributed by atoms with van der Waals surface area (Å²) >= 11 is 1.76. The Bertz CT molecular complexity index is 231. The van der Waals surface area contributed by atoms with E-state index in [0.29, 0.717) is 6.04 Å². The van der Waals surface area contributed by atoms with Crippen molar-refractivity contribution >= 4 is 11.3 Å². The largest absolute Gasteiger partial charge is 0.328 e. The lowest BCUT2D eigenvalue weighted by atomic mass is 10.2. The van der Waals surface area contributed by atoms with E-state index in [4.69, 9.17) is 5.73 Å². The van der Waals surface area contributed by atoms with Crippen LogP contribution in [-0.4, -0.2) is 24.5 Å². The number of rotatable bonds is 6. The molecule has 14 heavy (non-hydrogen) atoms. The van der Waals surface area contributed by atoms with E-state index in [-0.39, 0.29) is 0 Å². The van der Waals surface area contributed by atoms with Crippen LogP contribution in [0.1, 0.15) is 25.3 Å². The second kappa shape index (κ2) is 6.17. The van der Waals surface area contributed by atoms with E-state index >= 15 is 0 Å². The van der Waals surface area contributed by atoms with Crippen LogP contribution in [0.2, 0.25) is 0 Å². The molecule has 3 heteroatoms.